The molecule has 0 spiro atoms. The van der Waals surface area contributed by atoms with Crippen LogP contribution in [-0.2, 0) is 9.90 Å². The van der Waals surface area contributed by atoms with Gasteiger partial charge in [0, 0.05) is 12.3 Å². The number of carbonyl (C=O) groups is 1. The summed E-state index contributed by atoms with van der Waals surface area (Å²) in [5.74, 6) is 0.0544. The summed E-state index contributed by atoms with van der Waals surface area (Å²) < 4.78 is 0. The van der Waals surface area contributed by atoms with Gasteiger partial charge in [-0.15, -0.1) is 0 Å². The maximum Gasteiger partial charge on any atom is 0.240 e. The Bertz CT molecular complexity index is 512. The van der Waals surface area contributed by atoms with Gasteiger partial charge in [0.05, 0.1) is 10.7 Å². The van der Waals surface area contributed by atoms with E-state index >= 15 is 0 Å². The lowest BCUT2D eigenvalue weighted by molar-refractivity contribution is -0.122. The van der Waals surface area contributed by atoms with Crippen molar-refractivity contribution >= 4 is 23.2 Å². The summed E-state index contributed by atoms with van der Waals surface area (Å²) in [6.07, 6.45) is 0.410. The molecule has 0 bridgehead atoms. The third-order valence-electron chi connectivity index (χ3n) is 3.09. The summed E-state index contributed by atoms with van der Waals surface area (Å²) in [5, 5.41) is 15.6. The van der Waals surface area contributed by atoms with Gasteiger partial charge in [0.15, 0.2) is 5.75 Å². The summed E-state index contributed by atoms with van der Waals surface area (Å²) in [6, 6.07) is 4.73. The van der Waals surface area contributed by atoms with Crippen molar-refractivity contribution < 1.29 is 9.90 Å². The van der Waals surface area contributed by atoms with Gasteiger partial charge in [0.25, 0.3) is 0 Å². The monoisotopic (exact) mass is 265 g/mol. The number of hydrazone groups is 1. The number of amides is 1. The van der Waals surface area contributed by atoms with Crippen LogP contribution in [0.25, 0.3) is 0 Å². The molecule has 1 radical (unpaired) electrons. The van der Waals surface area contributed by atoms with Gasteiger partial charge in [-0.25, -0.2) is 5.43 Å². The molecule has 0 aromatic heterocycles. The Morgan fingerprint density at radius 3 is 2.78 bits per heavy atom. The largest absolute Gasteiger partial charge is 0.288 e. The molecular weight excluding hydrogens is 252 g/mol. The van der Waals surface area contributed by atoms with Crippen molar-refractivity contribution in [1.82, 2.24) is 5.43 Å². The first kappa shape index (κ1) is 12.9. The molecule has 1 aromatic rings. The Labute approximate surface area is 111 Å². The first-order valence-electron chi connectivity index (χ1n) is 5.82. The molecule has 1 atom stereocenters. The predicted octanol–water partition coefficient (Wildman–Crippen LogP) is 2.98. The van der Waals surface area contributed by atoms with Crippen LogP contribution in [0.4, 0.5) is 0 Å². The summed E-state index contributed by atoms with van der Waals surface area (Å²) in [7, 11) is 0. The van der Waals surface area contributed by atoms with Crippen molar-refractivity contribution in [2.45, 2.75) is 20.3 Å². The lowest BCUT2D eigenvalue weighted by Crippen LogP contribution is -2.35. The molecule has 0 fully saturated rings. The van der Waals surface area contributed by atoms with Crippen molar-refractivity contribution in [2.75, 3.05) is 0 Å². The van der Waals surface area contributed by atoms with E-state index in [2.05, 4.69) is 10.5 Å². The average molecular weight is 266 g/mol. The zero-order chi connectivity index (χ0) is 13.3. The van der Waals surface area contributed by atoms with E-state index in [9.17, 15) is 9.90 Å². The summed E-state index contributed by atoms with van der Waals surface area (Å²) in [6.45, 7) is 4.09. The first-order valence-corrected chi connectivity index (χ1v) is 6.20. The molecule has 0 aliphatic carbocycles. The molecule has 0 saturated heterocycles. The van der Waals surface area contributed by atoms with Crippen LogP contribution >= 0.6 is 11.6 Å². The minimum absolute atomic E-state index is 0.0484. The van der Waals surface area contributed by atoms with Crippen molar-refractivity contribution in [3.05, 3.63) is 28.8 Å². The molecule has 5 heteroatoms. The molecule has 18 heavy (non-hydrogen) atoms. The number of rotatable bonds is 2. The normalized spacial score (nSPS) is 19.7. The predicted molar refractivity (Wildman–Crippen MR) is 69.2 cm³/mol. The highest BCUT2D eigenvalue weighted by atomic mass is 35.5. The number of benzene rings is 1. The highest BCUT2D eigenvalue weighted by molar-refractivity contribution is 6.32. The summed E-state index contributed by atoms with van der Waals surface area (Å²) >= 11 is 5.83. The highest BCUT2D eigenvalue weighted by Gasteiger charge is 2.28. The number of carbonyl (C=O) groups excluding carboxylic acids is 1. The number of nitrogens with zero attached hydrogens (tertiary/aromatic N) is 1. The Morgan fingerprint density at radius 2 is 2.17 bits per heavy atom. The molecule has 2 rings (SSSR count). The molecule has 1 aliphatic rings. The van der Waals surface area contributed by atoms with Crippen LogP contribution < -0.4 is 5.43 Å². The Kier molecular flexibility index (Phi) is 3.57. The zero-order valence-electron chi connectivity index (χ0n) is 10.2. The van der Waals surface area contributed by atoms with Crippen LogP contribution in [0.5, 0.6) is 5.75 Å². The second-order valence-electron chi connectivity index (χ2n) is 4.73. The van der Waals surface area contributed by atoms with E-state index in [-0.39, 0.29) is 22.6 Å². The molecule has 95 valence electrons. The Morgan fingerprint density at radius 1 is 1.44 bits per heavy atom. The molecule has 1 unspecified atom stereocenters. The van der Waals surface area contributed by atoms with E-state index in [0.717, 1.165) is 11.3 Å². The Balaban J connectivity index is 2.40. The van der Waals surface area contributed by atoms with Crippen molar-refractivity contribution in [3.63, 3.8) is 0 Å². The van der Waals surface area contributed by atoms with E-state index < -0.39 is 0 Å². The van der Waals surface area contributed by atoms with Crippen LogP contribution in [0.1, 0.15) is 25.8 Å². The van der Waals surface area contributed by atoms with Gasteiger partial charge >= 0.3 is 0 Å². The second kappa shape index (κ2) is 4.98. The van der Waals surface area contributed by atoms with Gasteiger partial charge < -0.3 is 0 Å². The topological polar surface area (TPSA) is 61.4 Å². The van der Waals surface area contributed by atoms with Crippen LogP contribution in [0.15, 0.2) is 23.3 Å². The third kappa shape index (κ3) is 2.48. The smallest absolute Gasteiger partial charge is 0.240 e. The molecule has 1 aromatic carbocycles. The standard InChI is InChI=1S/C13H14ClN2O2/c1-7(2)9-6-12(18)15-16-13(9)8-3-4-11(17)10(14)5-8/h3-5,7,9H,6H2,1-2H3,(H,15,18). The molecule has 4 nitrogen and oxygen atoms in total. The quantitative estimate of drug-likeness (QED) is 0.878. The highest BCUT2D eigenvalue weighted by Crippen LogP contribution is 2.29. The maximum atomic E-state index is 11.4. The third-order valence-corrected chi connectivity index (χ3v) is 3.39. The Hall–Kier alpha value is -1.55. The van der Waals surface area contributed by atoms with E-state index in [1.807, 2.05) is 13.8 Å². The van der Waals surface area contributed by atoms with E-state index in [0.29, 0.717) is 12.3 Å². The minimum atomic E-state index is -0.207. The van der Waals surface area contributed by atoms with E-state index in [4.69, 9.17) is 11.6 Å². The van der Waals surface area contributed by atoms with Gasteiger partial charge in [-0.1, -0.05) is 25.4 Å². The first-order chi connectivity index (χ1) is 8.49. The van der Waals surface area contributed by atoms with Crippen molar-refractivity contribution in [3.8, 4) is 5.75 Å². The van der Waals surface area contributed by atoms with Gasteiger partial charge in [-0.3, -0.25) is 9.90 Å². The molecule has 1 heterocycles. The van der Waals surface area contributed by atoms with Gasteiger partial charge in [-0.2, -0.15) is 5.10 Å². The second-order valence-corrected chi connectivity index (χ2v) is 5.14. The van der Waals surface area contributed by atoms with Crippen LogP contribution in [0, 0.1) is 11.8 Å². The van der Waals surface area contributed by atoms with Crippen molar-refractivity contribution in [2.24, 2.45) is 16.9 Å². The number of halogens is 1. The number of hydrogen-bond acceptors (Lipinski definition) is 2. The summed E-state index contributed by atoms with van der Waals surface area (Å²) in [4.78, 5) is 11.4. The average Bonchev–Trinajstić information content (AvgIpc) is 2.32. The van der Waals surface area contributed by atoms with Gasteiger partial charge in [0.2, 0.25) is 5.91 Å². The lowest BCUT2D eigenvalue weighted by atomic mass is 9.84. The zero-order valence-corrected chi connectivity index (χ0v) is 11.0. The maximum absolute atomic E-state index is 11.4. The molecular formula is C13H14ClN2O2. The summed E-state index contributed by atoms with van der Waals surface area (Å²) in [5.41, 5.74) is 4.05. The van der Waals surface area contributed by atoms with Gasteiger partial charge in [0.1, 0.15) is 0 Å². The fourth-order valence-corrected chi connectivity index (χ4v) is 2.22. The molecule has 1 N–H and O–H groups in total. The minimum Gasteiger partial charge on any atom is -0.288 e. The SMILES string of the molecule is CC(C)C1CC(=O)NN=C1c1ccc([O])c(Cl)c1. The van der Waals surface area contributed by atoms with Crippen molar-refractivity contribution in [1.29, 1.82) is 0 Å². The molecule has 0 saturated carbocycles. The van der Waals surface area contributed by atoms with Gasteiger partial charge in [-0.05, 0) is 29.7 Å². The van der Waals surface area contributed by atoms with Crippen LogP contribution in [-0.4, -0.2) is 11.6 Å². The molecule has 1 amide bonds. The molecule has 1 aliphatic heterocycles. The van der Waals surface area contributed by atoms with E-state index in [1.54, 1.807) is 12.1 Å². The number of hydrogen-bond donors (Lipinski definition) is 1. The van der Waals surface area contributed by atoms with Crippen LogP contribution in [0.2, 0.25) is 5.02 Å². The lowest BCUT2D eigenvalue weighted by Gasteiger charge is -2.26. The number of nitrogens with one attached hydrogen (secondary N) is 1. The van der Waals surface area contributed by atoms with E-state index in [1.165, 1.54) is 6.07 Å². The fraction of sp³-hybridized carbons (Fsp3) is 0.385. The fourth-order valence-electron chi connectivity index (χ4n) is 2.04. The van der Waals surface area contributed by atoms with Crippen LogP contribution in [0.3, 0.4) is 0 Å².